The Labute approximate surface area is 176 Å². The van der Waals surface area contributed by atoms with Crippen LogP contribution in [0.5, 0.6) is 5.75 Å². The van der Waals surface area contributed by atoms with E-state index in [1.165, 1.54) is 0 Å². The minimum Gasteiger partial charge on any atom is -0.493 e. The fraction of sp³-hybridized carbons (Fsp3) is 0.381. The lowest BCUT2D eigenvalue weighted by molar-refractivity contribution is -0.124. The summed E-state index contributed by atoms with van der Waals surface area (Å²) < 4.78 is 5.69. The van der Waals surface area contributed by atoms with Crippen LogP contribution in [0.2, 0.25) is 5.02 Å². The Kier molecular flexibility index (Phi) is 7.18. The van der Waals surface area contributed by atoms with Crippen LogP contribution in [0.3, 0.4) is 0 Å². The largest absolute Gasteiger partial charge is 0.493 e. The van der Waals surface area contributed by atoms with Crippen molar-refractivity contribution in [2.75, 3.05) is 32.8 Å². The molecular weight excluding hydrogens is 397 g/mol. The summed E-state index contributed by atoms with van der Waals surface area (Å²) in [4.78, 5) is 15.0. The zero-order valence-corrected chi connectivity index (χ0v) is 17.1. The minimum absolute atomic E-state index is 0. The van der Waals surface area contributed by atoms with E-state index in [4.69, 9.17) is 16.3 Å². The van der Waals surface area contributed by atoms with Crippen LogP contribution in [0.4, 0.5) is 0 Å². The monoisotopic (exact) mass is 421 g/mol. The van der Waals surface area contributed by atoms with E-state index in [9.17, 15) is 4.79 Å². The molecule has 5 nitrogen and oxygen atoms in total. The average Bonchev–Trinajstić information content (AvgIpc) is 2.69. The molecule has 1 fully saturated rings. The second-order valence-corrected chi connectivity index (χ2v) is 7.48. The van der Waals surface area contributed by atoms with Gasteiger partial charge in [-0.05, 0) is 23.8 Å². The molecule has 150 valence electrons. The third kappa shape index (κ3) is 4.78. The number of fused-ring (bicyclic) bond motifs is 1. The van der Waals surface area contributed by atoms with Gasteiger partial charge in [0.15, 0.2) is 0 Å². The lowest BCUT2D eigenvalue weighted by Crippen LogP contribution is -2.50. The van der Waals surface area contributed by atoms with Crippen LogP contribution >= 0.6 is 24.0 Å². The summed E-state index contributed by atoms with van der Waals surface area (Å²) in [5.41, 5.74) is 2.20. The van der Waals surface area contributed by atoms with E-state index in [0.717, 1.165) is 48.0 Å². The number of ether oxygens (including phenoxy) is 1. The van der Waals surface area contributed by atoms with E-state index in [2.05, 4.69) is 21.6 Å². The van der Waals surface area contributed by atoms with Crippen LogP contribution in [0.15, 0.2) is 48.5 Å². The van der Waals surface area contributed by atoms with Crippen molar-refractivity contribution in [3.8, 4) is 5.75 Å². The van der Waals surface area contributed by atoms with Gasteiger partial charge in [0.05, 0.1) is 19.2 Å². The topological polar surface area (TPSA) is 53.6 Å². The maximum atomic E-state index is 12.8. The average molecular weight is 422 g/mol. The standard InChI is InChI=1S/C21H24ClN3O2.ClH/c22-16-5-3-4-15(12-16)19-13-23-9-10-25(19)14-21(26)24-18-8-11-27-20-7-2-1-6-17(18)20;/h1-7,12,18-19,23H,8-11,13-14H2,(H,24,26);1H. The van der Waals surface area contributed by atoms with E-state index in [1.807, 2.05) is 42.5 Å². The molecule has 0 radical (unpaired) electrons. The fourth-order valence-electron chi connectivity index (χ4n) is 3.89. The molecule has 1 amide bonds. The Bertz CT molecular complexity index is 818. The highest BCUT2D eigenvalue weighted by molar-refractivity contribution is 6.30. The SMILES string of the molecule is Cl.O=C(CN1CCNCC1c1cccc(Cl)c1)NC1CCOc2ccccc21. The Morgan fingerprint density at radius 1 is 1.25 bits per heavy atom. The van der Waals surface area contributed by atoms with E-state index in [0.29, 0.717) is 13.2 Å². The van der Waals surface area contributed by atoms with Crippen LogP contribution in [0.25, 0.3) is 0 Å². The normalized spacial score (nSPS) is 21.8. The molecule has 28 heavy (non-hydrogen) atoms. The lowest BCUT2D eigenvalue weighted by Gasteiger charge is -2.36. The van der Waals surface area contributed by atoms with Crippen molar-refractivity contribution in [1.82, 2.24) is 15.5 Å². The summed E-state index contributed by atoms with van der Waals surface area (Å²) >= 11 is 6.16. The van der Waals surface area contributed by atoms with Gasteiger partial charge >= 0.3 is 0 Å². The molecular formula is C21H25Cl2N3O2. The van der Waals surface area contributed by atoms with Gasteiger partial charge in [0.2, 0.25) is 5.91 Å². The number of para-hydroxylation sites is 1. The van der Waals surface area contributed by atoms with E-state index < -0.39 is 0 Å². The second-order valence-electron chi connectivity index (χ2n) is 7.04. The minimum atomic E-state index is 0. The molecule has 0 aromatic heterocycles. The first-order chi connectivity index (χ1) is 13.2. The number of hydrogen-bond donors (Lipinski definition) is 2. The van der Waals surface area contributed by atoms with E-state index >= 15 is 0 Å². The molecule has 2 N–H and O–H groups in total. The number of piperazine rings is 1. The summed E-state index contributed by atoms with van der Waals surface area (Å²) in [6.45, 7) is 3.52. The molecule has 2 unspecified atom stereocenters. The maximum Gasteiger partial charge on any atom is 0.234 e. The fourth-order valence-corrected chi connectivity index (χ4v) is 4.09. The third-order valence-corrected chi connectivity index (χ3v) is 5.46. The number of amides is 1. The van der Waals surface area contributed by atoms with Crippen LogP contribution in [-0.4, -0.2) is 43.6 Å². The summed E-state index contributed by atoms with van der Waals surface area (Å²) in [7, 11) is 0. The predicted molar refractivity (Wildman–Crippen MR) is 113 cm³/mol. The first-order valence-corrected chi connectivity index (χ1v) is 9.80. The predicted octanol–water partition coefficient (Wildman–Crippen LogP) is 3.35. The molecule has 0 saturated carbocycles. The number of halogens is 2. The van der Waals surface area contributed by atoms with Gasteiger partial charge in [-0.1, -0.05) is 41.9 Å². The highest BCUT2D eigenvalue weighted by atomic mass is 35.5. The van der Waals surface area contributed by atoms with Gasteiger partial charge in [-0.25, -0.2) is 0 Å². The van der Waals surface area contributed by atoms with Crippen molar-refractivity contribution < 1.29 is 9.53 Å². The lowest BCUT2D eigenvalue weighted by atomic mass is 10.0. The number of nitrogens with zero attached hydrogens (tertiary/aromatic N) is 1. The Morgan fingerprint density at radius 3 is 2.96 bits per heavy atom. The number of carbonyl (C=O) groups excluding carboxylic acids is 1. The Hall–Kier alpha value is -1.79. The molecule has 2 aromatic rings. The van der Waals surface area contributed by atoms with Gasteiger partial charge in [0.1, 0.15) is 5.75 Å². The van der Waals surface area contributed by atoms with Gasteiger partial charge in [0.25, 0.3) is 0 Å². The van der Waals surface area contributed by atoms with Crippen molar-refractivity contribution in [2.45, 2.75) is 18.5 Å². The summed E-state index contributed by atoms with van der Waals surface area (Å²) in [5, 5.41) is 7.34. The molecule has 2 aliphatic heterocycles. The molecule has 0 bridgehead atoms. The molecule has 0 aliphatic carbocycles. The molecule has 1 saturated heterocycles. The van der Waals surface area contributed by atoms with Gasteiger partial charge in [-0.15, -0.1) is 12.4 Å². The van der Waals surface area contributed by atoms with Crippen molar-refractivity contribution in [3.63, 3.8) is 0 Å². The third-order valence-electron chi connectivity index (χ3n) is 5.23. The number of benzene rings is 2. The Balaban J connectivity index is 0.00000225. The van der Waals surface area contributed by atoms with E-state index in [1.54, 1.807) is 0 Å². The van der Waals surface area contributed by atoms with Gasteiger partial charge in [-0.3, -0.25) is 9.69 Å². The van der Waals surface area contributed by atoms with Gasteiger partial charge < -0.3 is 15.4 Å². The highest BCUT2D eigenvalue weighted by Crippen LogP contribution is 2.31. The first kappa shape index (κ1) is 20.9. The van der Waals surface area contributed by atoms with Gasteiger partial charge in [0, 0.05) is 42.7 Å². The van der Waals surface area contributed by atoms with Crippen LogP contribution in [0.1, 0.15) is 29.6 Å². The van der Waals surface area contributed by atoms with Crippen LogP contribution in [0, 0.1) is 0 Å². The van der Waals surface area contributed by atoms with Crippen molar-refractivity contribution in [3.05, 3.63) is 64.7 Å². The smallest absolute Gasteiger partial charge is 0.234 e. The zero-order valence-electron chi connectivity index (χ0n) is 15.6. The molecule has 4 rings (SSSR count). The summed E-state index contributed by atoms with van der Waals surface area (Å²) in [5.74, 6) is 0.915. The number of nitrogens with one attached hydrogen (secondary N) is 2. The summed E-state index contributed by atoms with van der Waals surface area (Å²) in [6.07, 6.45) is 0.794. The first-order valence-electron chi connectivity index (χ1n) is 9.42. The van der Waals surface area contributed by atoms with Crippen molar-refractivity contribution in [1.29, 1.82) is 0 Å². The molecule has 2 atom stereocenters. The Morgan fingerprint density at radius 2 is 2.11 bits per heavy atom. The van der Waals surface area contributed by atoms with Crippen LogP contribution in [-0.2, 0) is 4.79 Å². The number of hydrogen-bond acceptors (Lipinski definition) is 4. The zero-order chi connectivity index (χ0) is 18.6. The molecule has 0 spiro atoms. The van der Waals surface area contributed by atoms with Crippen LogP contribution < -0.4 is 15.4 Å². The van der Waals surface area contributed by atoms with Gasteiger partial charge in [-0.2, -0.15) is 0 Å². The van der Waals surface area contributed by atoms with Crippen molar-refractivity contribution in [2.24, 2.45) is 0 Å². The molecule has 7 heteroatoms. The quantitative estimate of drug-likeness (QED) is 0.794. The van der Waals surface area contributed by atoms with Crippen molar-refractivity contribution >= 4 is 29.9 Å². The molecule has 2 aliphatic rings. The second kappa shape index (κ2) is 9.61. The number of rotatable bonds is 4. The molecule has 2 aromatic carbocycles. The highest BCUT2D eigenvalue weighted by Gasteiger charge is 2.28. The van der Waals surface area contributed by atoms with E-state index in [-0.39, 0.29) is 30.4 Å². The molecule has 2 heterocycles. The maximum absolute atomic E-state index is 12.8. The summed E-state index contributed by atoms with van der Waals surface area (Å²) in [6, 6.07) is 16.0. The number of carbonyl (C=O) groups is 1.